The van der Waals surface area contributed by atoms with Gasteiger partial charge in [-0.15, -0.1) is 12.4 Å². The Morgan fingerprint density at radius 2 is 2.05 bits per heavy atom. The van der Waals surface area contributed by atoms with E-state index in [1.54, 1.807) is 0 Å². The molecule has 124 valence electrons. The third kappa shape index (κ3) is 5.27. The Kier molecular flexibility index (Phi) is 7.87. The summed E-state index contributed by atoms with van der Waals surface area (Å²) in [6.45, 7) is 5.87. The molecule has 1 saturated heterocycles. The van der Waals surface area contributed by atoms with Gasteiger partial charge in [-0.25, -0.2) is 0 Å². The van der Waals surface area contributed by atoms with E-state index in [2.05, 4.69) is 0 Å². The van der Waals surface area contributed by atoms with Crippen LogP contribution in [0.25, 0.3) is 0 Å². The number of rotatable bonds is 6. The third-order valence-corrected chi connectivity index (χ3v) is 4.15. The van der Waals surface area contributed by atoms with Crippen LogP contribution >= 0.6 is 12.4 Å². The van der Waals surface area contributed by atoms with Crippen LogP contribution < -0.4 is 5.73 Å². The number of hydrogen-bond donors (Lipinski definition) is 1. The lowest BCUT2D eigenvalue weighted by molar-refractivity contribution is -0.137. The first-order valence-electron chi connectivity index (χ1n) is 7.78. The SMILES string of the molecule is CC(N)C(C)C(=O)N(Cc1ccccc1)CC1CCCO1.Cl. The first kappa shape index (κ1) is 18.9. The van der Waals surface area contributed by atoms with Crippen LogP contribution in [-0.2, 0) is 16.1 Å². The Bertz CT molecular complexity index is 447. The Labute approximate surface area is 139 Å². The van der Waals surface area contributed by atoms with E-state index in [4.69, 9.17) is 10.5 Å². The molecule has 0 aliphatic carbocycles. The summed E-state index contributed by atoms with van der Waals surface area (Å²) in [5.41, 5.74) is 7.04. The summed E-state index contributed by atoms with van der Waals surface area (Å²) in [7, 11) is 0. The second kappa shape index (κ2) is 9.13. The van der Waals surface area contributed by atoms with Crippen molar-refractivity contribution in [3.8, 4) is 0 Å². The molecular weight excluding hydrogens is 300 g/mol. The largest absolute Gasteiger partial charge is 0.376 e. The average Bonchev–Trinajstić information content (AvgIpc) is 2.99. The predicted molar refractivity (Wildman–Crippen MR) is 90.9 cm³/mol. The number of halogens is 1. The number of benzene rings is 1. The van der Waals surface area contributed by atoms with Crippen molar-refractivity contribution in [1.29, 1.82) is 0 Å². The van der Waals surface area contributed by atoms with Crippen LogP contribution in [0.15, 0.2) is 30.3 Å². The first-order chi connectivity index (χ1) is 10.1. The van der Waals surface area contributed by atoms with E-state index in [0.717, 1.165) is 25.0 Å². The summed E-state index contributed by atoms with van der Waals surface area (Å²) >= 11 is 0. The van der Waals surface area contributed by atoms with Crippen molar-refractivity contribution in [2.75, 3.05) is 13.2 Å². The van der Waals surface area contributed by atoms with E-state index in [9.17, 15) is 4.79 Å². The van der Waals surface area contributed by atoms with Crippen molar-refractivity contribution in [1.82, 2.24) is 4.90 Å². The molecule has 0 saturated carbocycles. The summed E-state index contributed by atoms with van der Waals surface area (Å²) in [6.07, 6.45) is 2.28. The van der Waals surface area contributed by atoms with Gasteiger partial charge in [0.05, 0.1) is 12.0 Å². The lowest BCUT2D eigenvalue weighted by Gasteiger charge is -2.29. The molecule has 1 aromatic carbocycles. The van der Waals surface area contributed by atoms with Crippen LogP contribution in [0.2, 0.25) is 0 Å². The molecule has 5 heteroatoms. The smallest absolute Gasteiger partial charge is 0.227 e. The van der Waals surface area contributed by atoms with E-state index in [1.165, 1.54) is 0 Å². The fourth-order valence-corrected chi connectivity index (χ4v) is 2.58. The van der Waals surface area contributed by atoms with Gasteiger partial charge in [-0.05, 0) is 25.3 Å². The van der Waals surface area contributed by atoms with Gasteiger partial charge in [-0.1, -0.05) is 37.3 Å². The lowest BCUT2D eigenvalue weighted by atomic mass is 10.0. The molecule has 0 radical (unpaired) electrons. The fraction of sp³-hybridized carbons (Fsp3) is 0.588. The van der Waals surface area contributed by atoms with Crippen LogP contribution in [0.5, 0.6) is 0 Å². The van der Waals surface area contributed by atoms with Crippen LogP contribution in [0, 0.1) is 5.92 Å². The molecule has 3 unspecified atom stereocenters. The normalized spacial score (nSPS) is 20.0. The molecule has 1 aromatic rings. The van der Waals surface area contributed by atoms with Crippen molar-refractivity contribution < 1.29 is 9.53 Å². The standard InChI is InChI=1S/C17H26N2O2.ClH/c1-13(14(2)18)17(20)19(12-16-9-6-10-21-16)11-15-7-4-3-5-8-15;/h3-5,7-8,13-14,16H,6,9-12,18H2,1-2H3;1H. The number of carbonyl (C=O) groups is 1. The zero-order chi connectivity index (χ0) is 15.2. The summed E-state index contributed by atoms with van der Waals surface area (Å²) in [5.74, 6) is -0.0560. The van der Waals surface area contributed by atoms with Gasteiger partial charge in [0.25, 0.3) is 0 Å². The molecule has 1 heterocycles. The quantitative estimate of drug-likeness (QED) is 0.874. The Morgan fingerprint density at radius 1 is 1.36 bits per heavy atom. The van der Waals surface area contributed by atoms with Gasteiger partial charge in [0.2, 0.25) is 5.91 Å². The number of carbonyl (C=O) groups excluding carboxylic acids is 1. The monoisotopic (exact) mass is 326 g/mol. The van der Waals surface area contributed by atoms with Crippen molar-refractivity contribution in [3.05, 3.63) is 35.9 Å². The molecule has 0 spiro atoms. The van der Waals surface area contributed by atoms with E-state index in [1.807, 2.05) is 49.1 Å². The van der Waals surface area contributed by atoms with Gasteiger partial charge >= 0.3 is 0 Å². The number of hydrogen-bond acceptors (Lipinski definition) is 3. The molecule has 0 aromatic heterocycles. The van der Waals surface area contributed by atoms with Gasteiger partial charge in [0.1, 0.15) is 0 Å². The lowest BCUT2D eigenvalue weighted by Crippen LogP contribution is -2.44. The third-order valence-electron chi connectivity index (χ3n) is 4.15. The van der Waals surface area contributed by atoms with Crippen LogP contribution in [-0.4, -0.2) is 36.1 Å². The highest BCUT2D eigenvalue weighted by molar-refractivity contribution is 5.85. The van der Waals surface area contributed by atoms with Gasteiger partial charge < -0.3 is 15.4 Å². The minimum absolute atomic E-state index is 0. The molecule has 1 amide bonds. The van der Waals surface area contributed by atoms with Crippen molar-refractivity contribution in [3.63, 3.8) is 0 Å². The molecular formula is C17H27ClN2O2. The van der Waals surface area contributed by atoms with Crippen molar-refractivity contribution >= 4 is 18.3 Å². The summed E-state index contributed by atoms with van der Waals surface area (Å²) < 4.78 is 5.69. The van der Waals surface area contributed by atoms with Crippen LogP contribution in [0.3, 0.4) is 0 Å². The van der Waals surface area contributed by atoms with Crippen molar-refractivity contribution in [2.24, 2.45) is 11.7 Å². The second-order valence-electron chi connectivity index (χ2n) is 5.99. The fourth-order valence-electron chi connectivity index (χ4n) is 2.58. The van der Waals surface area contributed by atoms with Gasteiger partial charge in [0, 0.05) is 25.7 Å². The van der Waals surface area contributed by atoms with E-state index in [0.29, 0.717) is 13.1 Å². The van der Waals surface area contributed by atoms with E-state index < -0.39 is 0 Å². The van der Waals surface area contributed by atoms with Crippen LogP contribution in [0.4, 0.5) is 0 Å². The Morgan fingerprint density at radius 3 is 2.59 bits per heavy atom. The predicted octanol–water partition coefficient (Wildman–Crippen LogP) is 2.60. The van der Waals surface area contributed by atoms with E-state index >= 15 is 0 Å². The Hall–Kier alpha value is -1.10. The zero-order valence-corrected chi connectivity index (χ0v) is 14.2. The highest BCUT2D eigenvalue weighted by Gasteiger charge is 2.27. The number of ether oxygens (including phenoxy) is 1. The van der Waals surface area contributed by atoms with E-state index in [-0.39, 0.29) is 36.4 Å². The molecule has 1 fully saturated rings. The molecule has 1 aliphatic rings. The zero-order valence-electron chi connectivity index (χ0n) is 13.4. The molecule has 0 bridgehead atoms. The number of nitrogens with zero attached hydrogens (tertiary/aromatic N) is 1. The summed E-state index contributed by atoms with van der Waals surface area (Å²) in [6, 6.07) is 9.94. The highest BCUT2D eigenvalue weighted by Crippen LogP contribution is 2.17. The minimum atomic E-state index is -0.171. The van der Waals surface area contributed by atoms with Crippen molar-refractivity contribution in [2.45, 2.75) is 45.4 Å². The molecule has 22 heavy (non-hydrogen) atoms. The number of amides is 1. The molecule has 2 rings (SSSR count). The Balaban J connectivity index is 0.00000242. The number of nitrogens with two attached hydrogens (primary N) is 1. The molecule has 3 atom stereocenters. The van der Waals surface area contributed by atoms with Crippen LogP contribution in [0.1, 0.15) is 32.3 Å². The van der Waals surface area contributed by atoms with Gasteiger partial charge in [-0.2, -0.15) is 0 Å². The maximum Gasteiger partial charge on any atom is 0.227 e. The molecule has 4 nitrogen and oxygen atoms in total. The molecule has 1 aliphatic heterocycles. The van der Waals surface area contributed by atoms with Gasteiger partial charge in [-0.3, -0.25) is 4.79 Å². The average molecular weight is 327 g/mol. The first-order valence-corrected chi connectivity index (χ1v) is 7.78. The summed E-state index contributed by atoms with van der Waals surface area (Å²) in [5, 5.41) is 0. The highest BCUT2D eigenvalue weighted by atomic mass is 35.5. The summed E-state index contributed by atoms with van der Waals surface area (Å²) in [4.78, 5) is 14.6. The topological polar surface area (TPSA) is 55.6 Å². The maximum atomic E-state index is 12.7. The molecule has 2 N–H and O–H groups in total. The maximum absolute atomic E-state index is 12.7. The minimum Gasteiger partial charge on any atom is -0.376 e. The second-order valence-corrected chi connectivity index (χ2v) is 5.99. The van der Waals surface area contributed by atoms with Gasteiger partial charge in [0.15, 0.2) is 0 Å².